The number of para-hydroxylation sites is 2. The number of rotatable bonds is 3. The Morgan fingerprint density at radius 2 is 2.00 bits per heavy atom. The second-order valence-electron chi connectivity index (χ2n) is 4.54. The van der Waals surface area contributed by atoms with Gasteiger partial charge in [-0.2, -0.15) is 5.26 Å². The monoisotopic (exact) mass is 407 g/mol. The first-order valence-electron chi connectivity index (χ1n) is 6.47. The summed E-state index contributed by atoms with van der Waals surface area (Å²) in [6.07, 6.45) is 0.659. The average Bonchev–Trinajstić information content (AvgIpc) is 2.86. The van der Waals surface area contributed by atoms with Gasteiger partial charge in [-0.1, -0.05) is 18.2 Å². The Morgan fingerprint density at radius 3 is 2.71 bits per heavy atom. The second-order valence-corrected chi connectivity index (χ2v) is 6.08. The van der Waals surface area contributed by atoms with Gasteiger partial charge < -0.3 is 0 Å². The third-order valence-corrected chi connectivity index (χ3v) is 4.39. The zero-order valence-corrected chi connectivity index (χ0v) is 14.0. The van der Waals surface area contributed by atoms with Gasteiger partial charge in [-0.25, -0.2) is 4.98 Å². The molecule has 3 aromatic rings. The molecule has 0 saturated heterocycles. The van der Waals surface area contributed by atoms with Crippen LogP contribution in [0.4, 0.5) is 0 Å². The molecule has 0 fully saturated rings. The lowest BCUT2D eigenvalue weighted by molar-refractivity contribution is 0.909. The first-order valence-corrected chi connectivity index (χ1v) is 8.09. The highest BCUT2D eigenvalue weighted by molar-refractivity contribution is 14.1. The molecule has 0 atom stereocenters. The SMILES string of the molecule is N#Cc1cccc2c1nc(CCCl)n2-c1ccccc1I. The summed E-state index contributed by atoms with van der Waals surface area (Å²) < 4.78 is 3.23. The molecule has 0 bridgehead atoms. The zero-order valence-electron chi connectivity index (χ0n) is 11.1. The Morgan fingerprint density at radius 1 is 1.19 bits per heavy atom. The van der Waals surface area contributed by atoms with Crippen LogP contribution in [-0.2, 0) is 6.42 Å². The van der Waals surface area contributed by atoms with Gasteiger partial charge in [0.1, 0.15) is 17.4 Å². The number of hydrogen-bond donors (Lipinski definition) is 0. The third kappa shape index (κ3) is 2.52. The standard InChI is InChI=1S/C16H11ClIN3/c17-9-8-15-20-16-11(10-19)4-3-7-14(16)21(15)13-6-2-1-5-12(13)18/h1-7H,8-9H2. The highest BCUT2D eigenvalue weighted by atomic mass is 127. The van der Waals surface area contributed by atoms with Crippen molar-refractivity contribution in [2.75, 3.05) is 5.88 Å². The van der Waals surface area contributed by atoms with E-state index in [1.807, 2.05) is 24.3 Å². The zero-order chi connectivity index (χ0) is 14.8. The quantitative estimate of drug-likeness (QED) is 0.480. The van der Waals surface area contributed by atoms with Gasteiger partial charge in [-0.15, -0.1) is 11.6 Å². The lowest BCUT2D eigenvalue weighted by Gasteiger charge is -2.10. The summed E-state index contributed by atoms with van der Waals surface area (Å²) in [6, 6.07) is 16.0. The minimum absolute atomic E-state index is 0.495. The van der Waals surface area contributed by atoms with Gasteiger partial charge in [-0.3, -0.25) is 4.57 Å². The lowest BCUT2D eigenvalue weighted by Crippen LogP contribution is -2.03. The first kappa shape index (κ1) is 14.4. The third-order valence-electron chi connectivity index (χ3n) is 3.29. The van der Waals surface area contributed by atoms with Crippen molar-refractivity contribution in [3.05, 3.63) is 57.4 Å². The van der Waals surface area contributed by atoms with Gasteiger partial charge in [0, 0.05) is 15.9 Å². The summed E-state index contributed by atoms with van der Waals surface area (Å²) >= 11 is 8.23. The molecule has 0 spiro atoms. The molecule has 5 heteroatoms. The van der Waals surface area contributed by atoms with Crippen LogP contribution in [-0.4, -0.2) is 15.4 Å². The van der Waals surface area contributed by atoms with E-state index in [9.17, 15) is 5.26 Å². The topological polar surface area (TPSA) is 41.6 Å². The van der Waals surface area contributed by atoms with Crippen molar-refractivity contribution in [3.8, 4) is 11.8 Å². The summed E-state index contributed by atoms with van der Waals surface area (Å²) in [5.74, 6) is 1.38. The highest BCUT2D eigenvalue weighted by Gasteiger charge is 2.15. The van der Waals surface area contributed by atoms with Gasteiger partial charge >= 0.3 is 0 Å². The minimum atomic E-state index is 0.495. The average molecular weight is 408 g/mol. The maximum atomic E-state index is 9.26. The summed E-state index contributed by atoms with van der Waals surface area (Å²) in [5, 5.41) is 9.26. The summed E-state index contributed by atoms with van der Waals surface area (Å²) in [4.78, 5) is 4.64. The lowest BCUT2D eigenvalue weighted by atomic mass is 10.2. The molecule has 0 unspecified atom stereocenters. The van der Waals surface area contributed by atoms with E-state index in [1.54, 1.807) is 6.07 Å². The molecule has 1 heterocycles. The predicted octanol–water partition coefficient (Wildman–Crippen LogP) is 4.28. The van der Waals surface area contributed by atoms with Gasteiger partial charge in [0.05, 0.1) is 16.8 Å². The molecule has 1 aromatic heterocycles. The molecular weight excluding hydrogens is 397 g/mol. The van der Waals surface area contributed by atoms with Crippen LogP contribution in [0, 0.1) is 14.9 Å². The van der Waals surface area contributed by atoms with E-state index in [-0.39, 0.29) is 0 Å². The second kappa shape index (κ2) is 6.04. The molecule has 0 N–H and O–H groups in total. The highest BCUT2D eigenvalue weighted by Crippen LogP contribution is 2.27. The molecule has 0 aliphatic heterocycles. The van der Waals surface area contributed by atoms with E-state index in [0.717, 1.165) is 26.1 Å². The van der Waals surface area contributed by atoms with Crippen LogP contribution in [0.2, 0.25) is 0 Å². The molecule has 0 radical (unpaired) electrons. The Kier molecular flexibility index (Phi) is 4.13. The Hall–Kier alpha value is -1.58. The molecule has 2 aromatic carbocycles. The van der Waals surface area contributed by atoms with Crippen LogP contribution < -0.4 is 0 Å². The van der Waals surface area contributed by atoms with E-state index in [2.05, 4.69) is 50.3 Å². The molecule has 0 saturated carbocycles. The summed E-state index contributed by atoms with van der Waals surface area (Å²) in [5.41, 5.74) is 3.34. The van der Waals surface area contributed by atoms with Gasteiger partial charge in [-0.05, 0) is 46.9 Å². The van der Waals surface area contributed by atoms with Gasteiger partial charge in [0.15, 0.2) is 0 Å². The van der Waals surface area contributed by atoms with Crippen molar-refractivity contribution >= 4 is 45.2 Å². The number of benzene rings is 2. The molecule has 0 aliphatic rings. The molecule has 0 aliphatic carbocycles. The number of aryl methyl sites for hydroxylation is 1. The largest absolute Gasteiger partial charge is 0.295 e. The molecule has 3 rings (SSSR count). The van der Waals surface area contributed by atoms with Crippen LogP contribution >= 0.6 is 34.2 Å². The fourth-order valence-electron chi connectivity index (χ4n) is 2.39. The van der Waals surface area contributed by atoms with Crippen LogP contribution in [0.1, 0.15) is 11.4 Å². The Balaban J connectivity index is 2.37. The molecule has 104 valence electrons. The Labute approximate surface area is 141 Å². The van der Waals surface area contributed by atoms with Crippen molar-refractivity contribution in [2.45, 2.75) is 6.42 Å². The number of nitrogens with zero attached hydrogens (tertiary/aromatic N) is 3. The van der Waals surface area contributed by atoms with Crippen LogP contribution in [0.5, 0.6) is 0 Å². The number of nitriles is 1. The summed E-state index contributed by atoms with van der Waals surface area (Å²) in [7, 11) is 0. The van der Waals surface area contributed by atoms with Crippen molar-refractivity contribution in [2.24, 2.45) is 0 Å². The number of alkyl halides is 1. The van der Waals surface area contributed by atoms with Crippen LogP contribution in [0.25, 0.3) is 16.7 Å². The number of aromatic nitrogens is 2. The van der Waals surface area contributed by atoms with E-state index in [1.165, 1.54) is 0 Å². The fraction of sp³-hybridized carbons (Fsp3) is 0.125. The van der Waals surface area contributed by atoms with Gasteiger partial charge in [0.2, 0.25) is 0 Å². The first-order chi connectivity index (χ1) is 10.3. The van der Waals surface area contributed by atoms with Crippen molar-refractivity contribution in [1.82, 2.24) is 9.55 Å². The molecule has 3 nitrogen and oxygen atoms in total. The number of imidazole rings is 1. The van der Waals surface area contributed by atoms with Crippen LogP contribution in [0.15, 0.2) is 42.5 Å². The minimum Gasteiger partial charge on any atom is -0.295 e. The fourth-order valence-corrected chi connectivity index (χ4v) is 3.19. The van der Waals surface area contributed by atoms with E-state index in [4.69, 9.17) is 11.6 Å². The normalized spacial score (nSPS) is 10.7. The molecular formula is C16H11ClIN3. The van der Waals surface area contributed by atoms with Crippen molar-refractivity contribution in [3.63, 3.8) is 0 Å². The van der Waals surface area contributed by atoms with Crippen LogP contribution in [0.3, 0.4) is 0 Å². The predicted molar refractivity (Wildman–Crippen MR) is 92.9 cm³/mol. The molecule has 21 heavy (non-hydrogen) atoms. The van der Waals surface area contributed by atoms with Crippen molar-refractivity contribution < 1.29 is 0 Å². The van der Waals surface area contributed by atoms with E-state index < -0.39 is 0 Å². The number of hydrogen-bond acceptors (Lipinski definition) is 2. The Bertz CT molecular complexity index is 848. The van der Waals surface area contributed by atoms with Gasteiger partial charge in [0.25, 0.3) is 0 Å². The number of halogens is 2. The maximum absolute atomic E-state index is 9.26. The summed E-state index contributed by atoms with van der Waals surface area (Å²) in [6.45, 7) is 0. The number of fused-ring (bicyclic) bond motifs is 1. The molecule has 0 amide bonds. The van der Waals surface area contributed by atoms with Crippen molar-refractivity contribution in [1.29, 1.82) is 5.26 Å². The smallest absolute Gasteiger partial charge is 0.115 e. The maximum Gasteiger partial charge on any atom is 0.115 e. The van der Waals surface area contributed by atoms with E-state index >= 15 is 0 Å². The van der Waals surface area contributed by atoms with E-state index in [0.29, 0.717) is 17.9 Å².